The molecule has 1 aromatic heterocycles. The fourth-order valence-electron chi connectivity index (χ4n) is 1.46. The van der Waals surface area contributed by atoms with E-state index >= 15 is 0 Å². The maximum Gasteiger partial charge on any atom is 0.184 e. The lowest BCUT2D eigenvalue weighted by Crippen LogP contribution is -2.10. The summed E-state index contributed by atoms with van der Waals surface area (Å²) < 4.78 is 12.7. The lowest BCUT2D eigenvalue weighted by Gasteiger charge is -2.05. The molecule has 1 unspecified atom stereocenters. The normalized spacial score (nSPS) is 12.5. The van der Waals surface area contributed by atoms with Crippen LogP contribution < -0.4 is 5.73 Å². The molecule has 2 rings (SSSR count). The van der Waals surface area contributed by atoms with Gasteiger partial charge in [-0.15, -0.1) is 5.10 Å². The van der Waals surface area contributed by atoms with E-state index in [1.807, 2.05) is 18.2 Å². The topological polar surface area (TPSA) is 86.7 Å². The van der Waals surface area contributed by atoms with Crippen molar-refractivity contribution in [2.24, 2.45) is 0 Å². The van der Waals surface area contributed by atoms with Gasteiger partial charge in [0.2, 0.25) is 0 Å². The van der Waals surface area contributed by atoms with Gasteiger partial charge in [0, 0.05) is 34.1 Å². The van der Waals surface area contributed by atoms with Crippen molar-refractivity contribution in [1.29, 1.82) is 0 Å². The zero-order chi connectivity index (χ0) is 12.3. The van der Waals surface area contributed by atoms with Gasteiger partial charge in [0.25, 0.3) is 0 Å². The van der Waals surface area contributed by atoms with Gasteiger partial charge in [0.1, 0.15) is 0 Å². The molecule has 0 amide bonds. The third kappa shape index (κ3) is 2.68. The van der Waals surface area contributed by atoms with Gasteiger partial charge < -0.3 is 5.73 Å². The maximum atomic E-state index is 11.1. The van der Waals surface area contributed by atoms with Crippen molar-refractivity contribution >= 4 is 16.5 Å². The van der Waals surface area contributed by atoms with E-state index in [2.05, 4.69) is 15.5 Å². The van der Waals surface area contributed by atoms with Crippen molar-refractivity contribution in [2.45, 2.75) is 6.54 Å². The van der Waals surface area contributed by atoms with Crippen LogP contribution in [0, 0.1) is 0 Å². The van der Waals surface area contributed by atoms with Gasteiger partial charge in [-0.1, -0.05) is 12.1 Å². The molecule has 1 aromatic carbocycles. The Morgan fingerprint density at radius 3 is 2.88 bits per heavy atom. The highest BCUT2D eigenvalue weighted by atomic mass is 32.2. The van der Waals surface area contributed by atoms with Crippen LogP contribution in [0.1, 0.15) is 0 Å². The molecule has 0 spiro atoms. The highest BCUT2D eigenvalue weighted by Crippen LogP contribution is 2.22. The Kier molecular flexibility index (Phi) is 3.48. The molecule has 0 aliphatic carbocycles. The number of hydrogen-bond acceptors (Lipinski definition) is 5. The molecule has 2 N–H and O–H groups in total. The van der Waals surface area contributed by atoms with Crippen molar-refractivity contribution in [3.8, 4) is 11.4 Å². The summed E-state index contributed by atoms with van der Waals surface area (Å²) in [5, 5.41) is 11.4. The number of nitrogens with zero attached hydrogens (tertiary/aromatic N) is 4. The Bertz CT molecular complexity index is 539. The summed E-state index contributed by atoms with van der Waals surface area (Å²) in [4.78, 5) is 0. The molecule has 17 heavy (non-hydrogen) atoms. The second kappa shape index (κ2) is 5.05. The summed E-state index contributed by atoms with van der Waals surface area (Å²) in [7, 11) is -0.868. The van der Waals surface area contributed by atoms with E-state index in [4.69, 9.17) is 5.73 Å². The number of benzene rings is 1. The first kappa shape index (κ1) is 11.7. The Morgan fingerprint density at radius 1 is 1.41 bits per heavy atom. The molecule has 0 aliphatic heterocycles. The molecule has 90 valence electrons. The number of nitrogen functional groups attached to an aromatic ring is 1. The van der Waals surface area contributed by atoms with Gasteiger partial charge in [-0.2, -0.15) is 0 Å². The van der Waals surface area contributed by atoms with Crippen molar-refractivity contribution in [1.82, 2.24) is 20.2 Å². The molecule has 1 heterocycles. The van der Waals surface area contributed by atoms with Crippen LogP contribution in [0.5, 0.6) is 0 Å². The van der Waals surface area contributed by atoms with Gasteiger partial charge in [0.05, 0.1) is 6.54 Å². The number of rotatable bonds is 4. The average Bonchev–Trinajstić information content (AvgIpc) is 2.75. The molecule has 2 aromatic rings. The predicted molar refractivity (Wildman–Crippen MR) is 66.6 cm³/mol. The lowest BCUT2D eigenvalue weighted by atomic mass is 10.2. The number of aryl methyl sites for hydroxylation is 1. The first-order chi connectivity index (χ1) is 8.18. The first-order valence-electron chi connectivity index (χ1n) is 5.09. The van der Waals surface area contributed by atoms with Crippen LogP contribution in [0.15, 0.2) is 24.3 Å². The molecule has 0 aliphatic rings. The summed E-state index contributed by atoms with van der Waals surface area (Å²) in [6.45, 7) is 0.514. The van der Waals surface area contributed by atoms with Crippen LogP contribution in [0.2, 0.25) is 0 Å². The minimum Gasteiger partial charge on any atom is -0.398 e. The van der Waals surface area contributed by atoms with Crippen LogP contribution in [0.3, 0.4) is 0 Å². The van der Waals surface area contributed by atoms with Crippen molar-refractivity contribution in [3.63, 3.8) is 0 Å². The largest absolute Gasteiger partial charge is 0.398 e. The summed E-state index contributed by atoms with van der Waals surface area (Å²) >= 11 is 0. The third-order valence-corrected chi connectivity index (χ3v) is 3.08. The molecule has 7 heteroatoms. The quantitative estimate of drug-likeness (QED) is 0.790. The van der Waals surface area contributed by atoms with Crippen molar-refractivity contribution in [2.75, 3.05) is 17.7 Å². The summed E-state index contributed by atoms with van der Waals surface area (Å²) in [6.07, 6.45) is 1.65. The van der Waals surface area contributed by atoms with E-state index in [0.29, 0.717) is 23.8 Å². The van der Waals surface area contributed by atoms with Crippen LogP contribution in [0.4, 0.5) is 5.69 Å². The van der Waals surface area contributed by atoms with Crippen molar-refractivity contribution in [3.05, 3.63) is 24.3 Å². The second-order valence-corrected chi connectivity index (χ2v) is 5.14. The Labute approximate surface area is 101 Å². The highest BCUT2D eigenvalue weighted by Gasteiger charge is 2.11. The molecule has 1 atom stereocenters. The molecule has 6 nitrogen and oxygen atoms in total. The average molecular weight is 251 g/mol. The van der Waals surface area contributed by atoms with Crippen LogP contribution in [-0.4, -0.2) is 36.4 Å². The molecule has 0 saturated heterocycles. The monoisotopic (exact) mass is 251 g/mol. The number of hydrogen-bond donors (Lipinski definition) is 1. The summed E-state index contributed by atoms with van der Waals surface area (Å²) in [5.41, 5.74) is 7.28. The van der Waals surface area contributed by atoms with Gasteiger partial charge in [-0.25, -0.2) is 4.68 Å². The molecule has 0 radical (unpaired) electrons. The minimum atomic E-state index is -0.868. The van der Waals surface area contributed by atoms with Crippen LogP contribution >= 0.6 is 0 Å². The van der Waals surface area contributed by atoms with Gasteiger partial charge in [-0.3, -0.25) is 4.21 Å². The molecule has 0 saturated carbocycles. The van der Waals surface area contributed by atoms with Crippen LogP contribution in [0.25, 0.3) is 11.4 Å². The Morgan fingerprint density at radius 2 is 2.18 bits per heavy atom. The van der Waals surface area contributed by atoms with E-state index in [1.54, 1.807) is 17.0 Å². The van der Waals surface area contributed by atoms with Crippen LogP contribution in [-0.2, 0) is 17.3 Å². The SMILES string of the molecule is CS(=O)CCn1nnnc1-c1ccccc1N. The predicted octanol–water partition coefficient (Wildman–Crippen LogP) is 0.301. The van der Waals surface area contributed by atoms with E-state index < -0.39 is 10.8 Å². The smallest absolute Gasteiger partial charge is 0.184 e. The van der Waals surface area contributed by atoms with E-state index in [9.17, 15) is 4.21 Å². The third-order valence-electron chi connectivity index (χ3n) is 2.32. The number of aromatic nitrogens is 4. The number of anilines is 1. The van der Waals surface area contributed by atoms with Gasteiger partial charge in [0.15, 0.2) is 5.82 Å². The first-order valence-corrected chi connectivity index (χ1v) is 6.82. The fraction of sp³-hybridized carbons (Fsp3) is 0.300. The standard InChI is InChI=1S/C10H13N5OS/c1-17(16)7-6-15-10(12-13-14-15)8-4-2-3-5-9(8)11/h2-5H,6-7,11H2,1H3. The Balaban J connectivity index is 2.31. The van der Waals surface area contributed by atoms with E-state index in [0.717, 1.165) is 5.56 Å². The zero-order valence-corrected chi connectivity index (χ0v) is 10.2. The maximum absolute atomic E-state index is 11.1. The van der Waals surface area contributed by atoms with Gasteiger partial charge in [-0.05, 0) is 22.6 Å². The van der Waals surface area contributed by atoms with Gasteiger partial charge >= 0.3 is 0 Å². The zero-order valence-electron chi connectivity index (χ0n) is 9.41. The number of tetrazole rings is 1. The minimum absolute atomic E-state index is 0.514. The van der Waals surface area contributed by atoms with E-state index in [1.165, 1.54) is 0 Å². The number of nitrogens with two attached hydrogens (primary N) is 1. The van der Waals surface area contributed by atoms with Crippen molar-refractivity contribution < 1.29 is 4.21 Å². The Hall–Kier alpha value is -1.76. The summed E-state index contributed by atoms with van der Waals surface area (Å²) in [5.74, 6) is 1.12. The lowest BCUT2D eigenvalue weighted by molar-refractivity contribution is 0.625. The fourth-order valence-corrected chi connectivity index (χ4v) is 1.89. The van der Waals surface area contributed by atoms with E-state index in [-0.39, 0.29) is 0 Å². The highest BCUT2D eigenvalue weighted by molar-refractivity contribution is 7.84. The number of para-hydroxylation sites is 1. The summed E-state index contributed by atoms with van der Waals surface area (Å²) in [6, 6.07) is 7.39. The molecular weight excluding hydrogens is 238 g/mol. The molecule has 0 fully saturated rings. The second-order valence-electron chi connectivity index (χ2n) is 3.59. The molecule has 0 bridgehead atoms. The molecular formula is C10H13N5OS.